The van der Waals surface area contributed by atoms with Crippen LogP contribution in [0.4, 0.5) is 0 Å². The standard InChI is InChI=1S/C24H22N4O2S/c29-23(19-10-5-2-6-11-19)25-13-14-26-24(30)20-17-28(16-18-8-3-1-4-9-18)27-22(20)21-12-7-15-31-21/h1-12,15,17H,13-14,16H2,(H,25,29)(H,26,30). The average molecular weight is 431 g/mol. The first-order valence-electron chi connectivity index (χ1n) is 9.97. The molecule has 0 bridgehead atoms. The molecule has 4 rings (SSSR count). The molecule has 0 radical (unpaired) electrons. The summed E-state index contributed by atoms with van der Waals surface area (Å²) in [6.07, 6.45) is 1.78. The molecule has 0 aliphatic carbocycles. The third-order valence-corrected chi connectivity index (χ3v) is 5.56. The van der Waals surface area contributed by atoms with Crippen molar-refractivity contribution in [1.82, 2.24) is 20.4 Å². The predicted octanol–water partition coefficient (Wildman–Crippen LogP) is 3.82. The Balaban J connectivity index is 1.41. The number of hydrogen-bond acceptors (Lipinski definition) is 4. The number of carbonyl (C=O) groups excluding carboxylic acids is 2. The van der Waals surface area contributed by atoms with Gasteiger partial charge in [0.25, 0.3) is 11.8 Å². The number of hydrogen-bond donors (Lipinski definition) is 2. The fourth-order valence-electron chi connectivity index (χ4n) is 3.17. The smallest absolute Gasteiger partial charge is 0.255 e. The van der Waals surface area contributed by atoms with E-state index in [1.165, 1.54) is 0 Å². The van der Waals surface area contributed by atoms with Gasteiger partial charge in [-0.05, 0) is 29.1 Å². The number of benzene rings is 2. The summed E-state index contributed by atoms with van der Waals surface area (Å²) >= 11 is 1.54. The van der Waals surface area contributed by atoms with Gasteiger partial charge < -0.3 is 10.6 Å². The zero-order valence-electron chi connectivity index (χ0n) is 16.8. The molecule has 0 aliphatic heterocycles. The van der Waals surface area contributed by atoms with E-state index < -0.39 is 0 Å². The van der Waals surface area contributed by atoms with Gasteiger partial charge in [0.05, 0.1) is 17.0 Å². The minimum atomic E-state index is -0.211. The quantitative estimate of drug-likeness (QED) is 0.417. The van der Waals surface area contributed by atoms with Crippen LogP contribution in [0.1, 0.15) is 26.3 Å². The van der Waals surface area contributed by atoms with Crippen molar-refractivity contribution < 1.29 is 9.59 Å². The Kier molecular flexibility index (Phi) is 6.54. The van der Waals surface area contributed by atoms with E-state index in [4.69, 9.17) is 0 Å². The lowest BCUT2D eigenvalue weighted by Gasteiger charge is -2.07. The maximum absolute atomic E-state index is 12.9. The summed E-state index contributed by atoms with van der Waals surface area (Å²) in [5.41, 5.74) is 2.89. The lowest BCUT2D eigenvalue weighted by molar-refractivity contribution is 0.0928. The van der Waals surface area contributed by atoms with Crippen molar-refractivity contribution in [1.29, 1.82) is 0 Å². The summed E-state index contributed by atoms with van der Waals surface area (Å²) in [6.45, 7) is 1.25. The fourth-order valence-corrected chi connectivity index (χ4v) is 3.90. The first-order valence-corrected chi connectivity index (χ1v) is 10.9. The summed E-state index contributed by atoms with van der Waals surface area (Å²) in [5.74, 6) is -0.374. The van der Waals surface area contributed by atoms with Crippen LogP contribution >= 0.6 is 11.3 Å². The molecular weight excluding hydrogens is 408 g/mol. The summed E-state index contributed by atoms with van der Waals surface area (Å²) in [7, 11) is 0. The highest BCUT2D eigenvalue weighted by Gasteiger charge is 2.18. The van der Waals surface area contributed by atoms with Crippen molar-refractivity contribution in [2.75, 3.05) is 13.1 Å². The van der Waals surface area contributed by atoms with Crippen molar-refractivity contribution in [3.05, 3.63) is 101 Å². The molecule has 2 heterocycles. The molecule has 0 fully saturated rings. The molecule has 31 heavy (non-hydrogen) atoms. The van der Waals surface area contributed by atoms with Crippen molar-refractivity contribution in [2.24, 2.45) is 0 Å². The zero-order valence-corrected chi connectivity index (χ0v) is 17.6. The van der Waals surface area contributed by atoms with E-state index >= 15 is 0 Å². The maximum Gasteiger partial charge on any atom is 0.255 e. The Hall–Kier alpha value is -3.71. The molecule has 2 aromatic heterocycles. The normalized spacial score (nSPS) is 10.6. The van der Waals surface area contributed by atoms with E-state index in [1.807, 2.05) is 66.0 Å². The van der Waals surface area contributed by atoms with Crippen molar-refractivity contribution in [3.63, 3.8) is 0 Å². The van der Waals surface area contributed by atoms with Gasteiger partial charge in [-0.2, -0.15) is 5.10 Å². The van der Waals surface area contributed by atoms with E-state index in [-0.39, 0.29) is 11.8 Å². The van der Waals surface area contributed by atoms with Crippen LogP contribution in [0.25, 0.3) is 10.6 Å². The molecule has 0 unspecified atom stereocenters. The number of nitrogens with one attached hydrogen (secondary N) is 2. The summed E-state index contributed by atoms with van der Waals surface area (Å²) < 4.78 is 1.79. The van der Waals surface area contributed by atoms with Crippen LogP contribution in [0, 0.1) is 0 Å². The number of thiophene rings is 1. The largest absolute Gasteiger partial charge is 0.350 e. The SMILES string of the molecule is O=C(NCCNC(=O)c1cn(Cc2ccccc2)nc1-c1cccs1)c1ccccc1. The van der Waals surface area contributed by atoms with E-state index in [2.05, 4.69) is 15.7 Å². The number of aromatic nitrogens is 2. The van der Waals surface area contributed by atoms with Gasteiger partial charge in [-0.1, -0.05) is 54.6 Å². The van der Waals surface area contributed by atoms with Crippen molar-refractivity contribution >= 4 is 23.2 Å². The first-order chi connectivity index (χ1) is 15.2. The fraction of sp³-hybridized carbons (Fsp3) is 0.125. The molecule has 0 saturated heterocycles. The van der Waals surface area contributed by atoms with Gasteiger partial charge in [-0.3, -0.25) is 14.3 Å². The van der Waals surface area contributed by atoms with Crippen LogP contribution in [-0.2, 0) is 6.54 Å². The van der Waals surface area contributed by atoms with Crippen LogP contribution in [0.15, 0.2) is 84.4 Å². The second kappa shape index (κ2) is 9.86. The van der Waals surface area contributed by atoms with Crippen LogP contribution in [0.5, 0.6) is 0 Å². The minimum Gasteiger partial charge on any atom is -0.350 e. The molecule has 7 heteroatoms. The minimum absolute atomic E-state index is 0.162. The number of amides is 2. The molecule has 0 saturated carbocycles. The van der Waals surface area contributed by atoms with Crippen molar-refractivity contribution in [3.8, 4) is 10.6 Å². The van der Waals surface area contributed by atoms with E-state index in [1.54, 1.807) is 34.3 Å². The summed E-state index contributed by atoms with van der Waals surface area (Å²) in [4.78, 5) is 25.9. The Bertz CT molecular complexity index is 1140. The summed E-state index contributed by atoms with van der Waals surface area (Å²) in [6, 6.07) is 22.9. The second-order valence-corrected chi connectivity index (χ2v) is 7.88. The lowest BCUT2D eigenvalue weighted by atomic mass is 10.2. The Labute approximate surface area is 184 Å². The third kappa shape index (κ3) is 5.26. The summed E-state index contributed by atoms with van der Waals surface area (Å²) in [5, 5.41) is 12.3. The number of rotatable bonds is 8. The van der Waals surface area contributed by atoms with Gasteiger partial charge in [-0.25, -0.2) is 0 Å². The molecule has 2 aromatic carbocycles. The topological polar surface area (TPSA) is 76.0 Å². The predicted molar refractivity (Wildman–Crippen MR) is 122 cm³/mol. The van der Waals surface area contributed by atoms with Gasteiger partial charge in [0.1, 0.15) is 5.69 Å². The van der Waals surface area contributed by atoms with Crippen LogP contribution in [0.3, 0.4) is 0 Å². The van der Waals surface area contributed by atoms with Gasteiger partial charge in [-0.15, -0.1) is 11.3 Å². The van der Waals surface area contributed by atoms with E-state index in [0.717, 1.165) is 10.4 Å². The molecule has 156 valence electrons. The molecular formula is C24H22N4O2S. The van der Waals surface area contributed by atoms with Gasteiger partial charge >= 0.3 is 0 Å². The highest BCUT2D eigenvalue weighted by atomic mass is 32.1. The third-order valence-electron chi connectivity index (χ3n) is 4.68. The van der Waals surface area contributed by atoms with Crippen molar-refractivity contribution in [2.45, 2.75) is 6.54 Å². The maximum atomic E-state index is 12.9. The monoisotopic (exact) mass is 430 g/mol. The van der Waals surface area contributed by atoms with Crippen LogP contribution < -0.4 is 10.6 Å². The molecule has 2 N–H and O–H groups in total. The molecule has 0 atom stereocenters. The average Bonchev–Trinajstić information content (AvgIpc) is 3.48. The number of nitrogens with zero attached hydrogens (tertiary/aromatic N) is 2. The van der Waals surface area contributed by atoms with Gasteiger partial charge in [0.2, 0.25) is 0 Å². The van der Waals surface area contributed by atoms with Crippen LogP contribution in [-0.4, -0.2) is 34.7 Å². The van der Waals surface area contributed by atoms with Gasteiger partial charge in [0, 0.05) is 24.8 Å². The Morgan fingerprint density at radius 1 is 0.839 bits per heavy atom. The Morgan fingerprint density at radius 3 is 2.19 bits per heavy atom. The molecule has 4 aromatic rings. The number of carbonyl (C=O) groups is 2. The Morgan fingerprint density at radius 2 is 1.52 bits per heavy atom. The molecule has 0 aliphatic rings. The zero-order chi connectivity index (χ0) is 21.5. The highest BCUT2D eigenvalue weighted by Crippen LogP contribution is 2.27. The van der Waals surface area contributed by atoms with E-state index in [9.17, 15) is 9.59 Å². The molecule has 0 spiro atoms. The van der Waals surface area contributed by atoms with E-state index in [0.29, 0.717) is 36.5 Å². The molecule has 6 nitrogen and oxygen atoms in total. The molecule has 2 amide bonds. The highest BCUT2D eigenvalue weighted by molar-refractivity contribution is 7.13. The second-order valence-electron chi connectivity index (χ2n) is 6.93. The lowest BCUT2D eigenvalue weighted by Crippen LogP contribution is -2.34. The van der Waals surface area contributed by atoms with Gasteiger partial charge in [0.15, 0.2) is 0 Å². The van der Waals surface area contributed by atoms with Crippen LogP contribution in [0.2, 0.25) is 0 Å². The first kappa shape index (κ1) is 20.6.